The average Bonchev–Trinajstić information content (AvgIpc) is 2.39. The molecular formula is C11H14FO5P. The van der Waals surface area contributed by atoms with Crippen molar-refractivity contribution in [3.63, 3.8) is 0 Å². The molecule has 1 N–H and O–H groups in total. The van der Waals surface area contributed by atoms with Gasteiger partial charge < -0.3 is 14.2 Å². The molecule has 0 saturated heterocycles. The zero-order valence-electron chi connectivity index (χ0n) is 10.00. The number of hydrogen-bond donors (Lipinski definition) is 1. The molecule has 0 fully saturated rings. The highest BCUT2D eigenvalue weighted by atomic mass is 31.2. The number of alkyl halides is 1. The molecule has 0 aliphatic rings. The van der Waals surface area contributed by atoms with E-state index >= 15 is 0 Å². The smallest absolute Gasteiger partial charge is 0.340 e. The van der Waals surface area contributed by atoms with Gasteiger partial charge in [-0.3, -0.25) is 4.57 Å². The number of carbonyl (C=O) groups is 1. The van der Waals surface area contributed by atoms with Crippen molar-refractivity contribution in [2.45, 2.75) is 5.66 Å². The van der Waals surface area contributed by atoms with E-state index < -0.39 is 25.9 Å². The first-order valence-electron chi connectivity index (χ1n) is 5.09. The fourth-order valence-electron chi connectivity index (χ4n) is 1.53. The van der Waals surface area contributed by atoms with E-state index in [1.807, 2.05) is 0 Å². The van der Waals surface area contributed by atoms with Gasteiger partial charge in [0.15, 0.2) is 0 Å². The molecule has 1 aromatic rings. The molecule has 0 aliphatic heterocycles. The predicted molar refractivity (Wildman–Crippen MR) is 63.7 cm³/mol. The highest BCUT2D eigenvalue weighted by Crippen LogP contribution is 2.59. The zero-order valence-corrected chi connectivity index (χ0v) is 10.9. The van der Waals surface area contributed by atoms with Gasteiger partial charge in [0.1, 0.15) is 12.3 Å². The topological polar surface area (TPSA) is 72.8 Å². The lowest BCUT2D eigenvalue weighted by Gasteiger charge is -2.22. The Morgan fingerprint density at radius 3 is 2.17 bits per heavy atom. The SMILES string of the molecule is COP(=O)(OC)C(CF)c1ccc(C(=O)O)cc1. The minimum atomic E-state index is -3.57. The van der Waals surface area contributed by atoms with E-state index in [4.69, 9.17) is 14.2 Å². The van der Waals surface area contributed by atoms with Gasteiger partial charge in [0.2, 0.25) is 0 Å². The lowest BCUT2D eigenvalue weighted by molar-refractivity contribution is 0.0697. The molecule has 0 radical (unpaired) electrons. The van der Waals surface area contributed by atoms with Crippen molar-refractivity contribution in [1.82, 2.24) is 0 Å². The molecule has 1 unspecified atom stereocenters. The molecule has 0 aliphatic carbocycles. The number of rotatable bonds is 6. The molecule has 18 heavy (non-hydrogen) atoms. The normalized spacial score (nSPS) is 13.3. The number of halogens is 1. The van der Waals surface area contributed by atoms with Crippen LogP contribution >= 0.6 is 7.60 Å². The van der Waals surface area contributed by atoms with E-state index in [2.05, 4.69) is 0 Å². The fourth-order valence-corrected chi connectivity index (χ4v) is 2.90. The molecule has 0 aromatic heterocycles. The van der Waals surface area contributed by atoms with Crippen molar-refractivity contribution in [2.75, 3.05) is 20.9 Å². The summed E-state index contributed by atoms with van der Waals surface area (Å²) in [5.74, 6) is -1.08. The van der Waals surface area contributed by atoms with Crippen LogP contribution < -0.4 is 0 Å². The third-order valence-electron chi connectivity index (χ3n) is 2.58. The Labute approximate surface area is 104 Å². The van der Waals surface area contributed by atoms with Crippen molar-refractivity contribution < 1.29 is 27.9 Å². The second-order valence-corrected chi connectivity index (χ2v) is 5.94. The lowest BCUT2D eigenvalue weighted by atomic mass is 10.1. The van der Waals surface area contributed by atoms with Crippen LogP contribution in [0.15, 0.2) is 24.3 Å². The summed E-state index contributed by atoms with van der Waals surface area (Å²) in [6.45, 7) is -0.925. The summed E-state index contributed by atoms with van der Waals surface area (Å²) >= 11 is 0. The number of hydrogen-bond acceptors (Lipinski definition) is 4. The summed E-state index contributed by atoms with van der Waals surface area (Å²) in [5.41, 5.74) is -0.620. The molecular weight excluding hydrogens is 262 g/mol. The molecule has 1 atom stereocenters. The molecule has 0 bridgehead atoms. The minimum Gasteiger partial charge on any atom is -0.478 e. The van der Waals surface area contributed by atoms with E-state index in [0.717, 1.165) is 0 Å². The first kappa shape index (κ1) is 14.8. The number of benzene rings is 1. The van der Waals surface area contributed by atoms with Gasteiger partial charge in [-0.1, -0.05) is 12.1 Å². The maximum atomic E-state index is 13.0. The third-order valence-corrected chi connectivity index (χ3v) is 4.80. The van der Waals surface area contributed by atoms with Crippen molar-refractivity contribution in [3.8, 4) is 0 Å². The predicted octanol–water partition coefficient (Wildman–Crippen LogP) is 2.88. The number of carboxylic acids is 1. The Kier molecular flexibility index (Phi) is 5.02. The van der Waals surface area contributed by atoms with Gasteiger partial charge in [-0.15, -0.1) is 0 Å². The second kappa shape index (κ2) is 6.09. The van der Waals surface area contributed by atoms with Crippen molar-refractivity contribution in [3.05, 3.63) is 35.4 Å². The minimum absolute atomic E-state index is 0.0704. The van der Waals surface area contributed by atoms with Crippen LogP contribution in [0.25, 0.3) is 0 Å². The van der Waals surface area contributed by atoms with E-state index in [1.165, 1.54) is 38.5 Å². The van der Waals surface area contributed by atoms with Crippen LogP contribution in [0.1, 0.15) is 21.6 Å². The maximum Gasteiger partial charge on any atom is 0.340 e. The van der Waals surface area contributed by atoms with Crippen molar-refractivity contribution in [2.24, 2.45) is 0 Å². The van der Waals surface area contributed by atoms with Crippen LogP contribution in [0.2, 0.25) is 0 Å². The standard InChI is InChI=1S/C11H14FO5P/c1-16-18(15,17-2)10(7-12)8-3-5-9(6-4-8)11(13)14/h3-6,10H,7H2,1-2H3,(H,13,14). The van der Waals surface area contributed by atoms with Gasteiger partial charge in [-0.25, -0.2) is 9.18 Å². The van der Waals surface area contributed by atoms with Gasteiger partial charge in [0.05, 0.1) is 5.56 Å². The molecule has 1 rings (SSSR count). The van der Waals surface area contributed by atoms with E-state index in [9.17, 15) is 13.8 Å². The molecule has 7 heteroatoms. The van der Waals surface area contributed by atoms with E-state index in [-0.39, 0.29) is 5.56 Å². The van der Waals surface area contributed by atoms with Gasteiger partial charge >= 0.3 is 13.6 Å². The summed E-state index contributed by atoms with van der Waals surface area (Å²) in [6.07, 6.45) is 0. The Morgan fingerprint density at radius 1 is 1.33 bits per heavy atom. The molecule has 0 saturated carbocycles. The van der Waals surface area contributed by atoms with Gasteiger partial charge in [0.25, 0.3) is 0 Å². The van der Waals surface area contributed by atoms with Crippen LogP contribution in [-0.2, 0) is 13.6 Å². The Morgan fingerprint density at radius 2 is 1.83 bits per heavy atom. The molecule has 0 heterocycles. The summed E-state index contributed by atoms with van der Waals surface area (Å²) in [6, 6.07) is 5.43. The number of carboxylic acid groups (broad SMARTS) is 1. The quantitative estimate of drug-likeness (QED) is 0.809. The van der Waals surface area contributed by atoms with Crippen LogP contribution in [0.5, 0.6) is 0 Å². The Balaban J connectivity index is 3.10. The molecule has 1 aromatic carbocycles. The first-order valence-corrected chi connectivity index (χ1v) is 6.70. The van der Waals surface area contributed by atoms with Crippen LogP contribution in [0, 0.1) is 0 Å². The van der Waals surface area contributed by atoms with Gasteiger partial charge in [-0.05, 0) is 17.7 Å². The first-order chi connectivity index (χ1) is 8.48. The summed E-state index contributed by atoms with van der Waals surface area (Å²) in [5, 5.41) is 8.75. The van der Waals surface area contributed by atoms with Crippen LogP contribution in [0.3, 0.4) is 0 Å². The summed E-state index contributed by atoms with van der Waals surface area (Å²) < 4.78 is 34.6. The summed E-state index contributed by atoms with van der Waals surface area (Å²) in [4.78, 5) is 10.7. The highest BCUT2D eigenvalue weighted by Gasteiger charge is 2.35. The van der Waals surface area contributed by atoms with Gasteiger partial charge in [0, 0.05) is 14.2 Å². The van der Waals surface area contributed by atoms with Crippen molar-refractivity contribution >= 4 is 13.6 Å². The third kappa shape index (κ3) is 2.96. The molecule has 100 valence electrons. The Bertz CT molecular complexity index is 451. The zero-order chi connectivity index (χ0) is 13.8. The van der Waals surface area contributed by atoms with Crippen LogP contribution in [-0.4, -0.2) is 32.0 Å². The maximum absolute atomic E-state index is 13.0. The second-order valence-electron chi connectivity index (χ2n) is 3.50. The highest BCUT2D eigenvalue weighted by molar-refractivity contribution is 7.54. The Hall–Kier alpha value is -1.23. The largest absolute Gasteiger partial charge is 0.478 e. The average molecular weight is 276 g/mol. The monoisotopic (exact) mass is 276 g/mol. The van der Waals surface area contributed by atoms with E-state index in [0.29, 0.717) is 5.56 Å². The fraction of sp³-hybridized carbons (Fsp3) is 0.364. The van der Waals surface area contributed by atoms with Crippen molar-refractivity contribution in [1.29, 1.82) is 0 Å². The lowest BCUT2D eigenvalue weighted by Crippen LogP contribution is -2.06. The van der Waals surface area contributed by atoms with E-state index in [1.54, 1.807) is 0 Å². The number of aromatic carboxylic acids is 1. The molecule has 0 spiro atoms. The summed E-state index contributed by atoms with van der Waals surface area (Å²) in [7, 11) is -1.22. The molecule has 0 amide bonds. The molecule has 5 nitrogen and oxygen atoms in total. The van der Waals surface area contributed by atoms with Gasteiger partial charge in [-0.2, -0.15) is 0 Å². The van der Waals surface area contributed by atoms with Crippen LogP contribution in [0.4, 0.5) is 4.39 Å².